The molecule has 0 amide bonds. The lowest BCUT2D eigenvalue weighted by Crippen LogP contribution is -2.20. The van der Waals surface area contributed by atoms with E-state index in [9.17, 15) is 4.79 Å². The molecule has 0 saturated heterocycles. The quantitative estimate of drug-likeness (QED) is 0.772. The van der Waals surface area contributed by atoms with Crippen molar-refractivity contribution in [3.05, 3.63) is 29.3 Å². The molecule has 1 aliphatic heterocycles. The van der Waals surface area contributed by atoms with E-state index in [0.717, 1.165) is 19.5 Å². The van der Waals surface area contributed by atoms with Crippen LogP contribution in [0.1, 0.15) is 31.4 Å². The molecule has 16 heavy (non-hydrogen) atoms. The lowest BCUT2D eigenvalue weighted by molar-refractivity contribution is -0.116. The zero-order valence-corrected chi connectivity index (χ0v) is 10.1. The number of anilines is 1. The molecule has 2 heteroatoms. The van der Waals surface area contributed by atoms with Crippen LogP contribution in [0.25, 0.3) is 0 Å². The van der Waals surface area contributed by atoms with Crippen molar-refractivity contribution in [3.8, 4) is 0 Å². The van der Waals surface area contributed by atoms with Crippen LogP contribution in [-0.2, 0) is 17.6 Å². The molecule has 0 N–H and O–H groups in total. The molecular weight excluding hydrogens is 198 g/mol. The largest absolute Gasteiger partial charge is 0.371 e. The number of rotatable bonds is 4. The summed E-state index contributed by atoms with van der Waals surface area (Å²) in [6.45, 7) is 6.10. The van der Waals surface area contributed by atoms with Gasteiger partial charge in [0.15, 0.2) is 0 Å². The third kappa shape index (κ3) is 2.11. The summed E-state index contributed by atoms with van der Waals surface area (Å²) in [5, 5.41) is 0. The number of nitrogens with zero attached hydrogens (tertiary/aromatic N) is 1. The van der Waals surface area contributed by atoms with Crippen molar-refractivity contribution in [1.82, 2.24) is 0 Å². The molecule has 1 aromatic rings. The Labute approximate surface area is 97.3 Å². The van der Waals surface area contributed by atoms with Crippen LogP contribution in [0.15, 0.2) is 18.2 Å². The molecule has 0 aliphatic carbocycles. The molecule has 0 unspecified atom stereocenters. The first-order valence-corrected chi connectivity index (χ1v) is 6.07. The maximum atomic E-state index is 11.2. The van der Waals surface area contributed by atoms with E-state index in [2.05, 4.69) is 30.0 Å². The number of benzene rings is 1. The molecule has 0 atom stereocenters. The van der Waals surface area contributed by atoms with Gasteiger partial charge in [-0.2, -0.15) is 0 Å². The Morgan fingerprint density at radius 3 is 2.94 bits per heavy atom. The normalized spacial score (nSPS) is 14.0. The first kappa shape index (κ1) is 11.2. The van der Waals surface area contributed by atoms with Crippen LogP contribution in [0.5, 0.6) is 0 Å². The summed E-state index contributed by atoms with van der Waals surface area (Å²) in [6, 6.07) is 6.35. The topological polar surface area (TPSA) is 20.3 Å². The third-order valence-electron chi connectivity index (χ3n) is 3.15. The third-order valence-corrected chi connectivity index (χ3v) is 3.15. The molecule has 1 aromatic carbocycles. The van der Waals surface area contributed by atoms with Gasteiger partial charge in [-0.3, -0.25) is 4.79 Å². The van der Waals surface area contributed by atoms with Gasteiger partial charge in [-0.25, -0.2) is 0 Å². The first-order valence-electron chi connectivity index (χ1n) is 6.07. The Hall–Kier alpha value is -1.31. The summed E-state index contributed by atoms with van der Waals surface area (Å²) in [6.07, 6.45) is 2.86. The number of hydrogen-bond donors (Lipinski definition) is 0. The zero-order chi connectivity index (χ0) is 11.5. The highest BCUT2D eigenvalue weighted by Gasteiger charge is 2.20. The lowest BCUT2D eigenvalue weighted by atomic mass is 10.0. The number of fused-ring (bicyclic) bond motifs is 1. The van der Waals surface area contributed by atoms with Gasteiger partial charge in [0.25, 0.3) is 0 Å². The van der Waals surface area contributed by atoms with Crippen molar-refractivity contribution in [2.45, 2.75) is 33.1 Å². The average molecular weight is 217 g/mol. The van der Waals surface area contributed by atoms with Crippen LogP contribution < -0.4 is 4.90 Å². The van der Waals surface area contributed by atoms with E-state index in [1.54, 1.807) is 6.92 Å². The standard InChI is InChI=1S/C14H19NO/c1-3-8-15-9-7-13-12(10-11(2)16)5-4-6-14(13)15/h4-6H,3,7-10H2,1-2H3. The monoisotopic (exact) mass is 217 g/mol. The van der Waals surface area contributed by atoms with Gasteiger partial charge in [-0.15, -0.1) is 0 Å². The lowest BCUT2D eigenvalue weighted by Gasteiger charge is -2.18. The second kappa shape index (κ2) is 4.69. The van der Waals surface area contributed by atoms with Crippen LogP contribution in [0, 0.1) is 0 Å². The molecule has 0 fully saturated rings. The number of hydrogen-bond acceptors (Lipinski definition) is 2. The smallest absolute Gasteiger partial charge is 0.134 e. The van der Waals surface area contributed by atoms with E-state index < -0.39 is 0 Å². The number of carbonyl (C=O) groups is 1. The van der Waals surface area contributed by atoms with Crippen molar-refractivity contribution in [2.75, 3.05) is 18.0 Å². The number of ketones is 1. The van der Waals surface area contributed by atoms with Crippen molar-refractivity contribution >= 4 is 11.5 Å². The van der Waals surface area contributed by atoms with E-state index in [4.69, 9.17) is 0 Å². The van der Waals surface area contributed by atoms with Gasteiger partial charge < -0.3 is 4.90 Å². The highest BCUT2D eigenvalue weighted by atomic mass is 16.1. The van der Waals surface area contributed by atoms with Crippen LogP contribution in [0.3, 0.4) is 0 Å². The predicted molar refractivity (Wildman–Crippen MR) is 67.0 cm³/mol. The molecule has 0 bridgehead atoms. The average Bonchev–Trinajstić information content (AvgIpc) is 2.63. The second-order valence-electron chi connectivity index (χ2n) is 4.53. The molecule has 1 aliphatic rings. The molecule has 1 heterocycles. The van der Waals surface area contributed by atoms with E-state index in [1.807, 2.05) is 0 Å². The summed E-state index contributed by atoms with van der Waals surface area (Å²) in [5.41, 5.74) is 3.97. The molecule has 0 aromatic heterocycles. The van der Waals surface area contributed by atoms with Gasteiger partial charge in [0.1, 0.15) is 5.78 Å². The fraction of sp³-hybridized carbons (Fsp3) is 0.500. The number of carbonyl (C=O) groups excluding carboxylic acids is 1. The van der Waals surface area contributed by atoms with Crippen molar-refractivity contribution in [3.63, 3.8) is 0 Å². The summed E-state index contributed by atoms with van der Waals surface area (Å²) >= 11 is 0. The van der Waals surface area contributed by atoms with Crippen LogP contribution >= 0.6 is 0 Å². The Morgan fingerprint density at radius 2 is 2.25 bits per heavy atom. The highest BCUT2D eigenvalue weighted by molar-refractivity contribution is 5.79. The van der Waals surface area contributed by atoms with Crippen molar-refractivity contribution in [1.29, 1.82) is 0 Å². The minimum atomic E-state index is 0.252. The van der Waals surface area contributed by atoms with Gasteiger partial charge in [-0.05, 0) is 37.0 Å². The van der Waals surface area contributed by atoms with E-state index in [0.29, 0.717) is 6.42 Å². The Balaban J connectivity index is 2.28. The van der Waals surface area contributed by atoms with E-state index in [1.165, 1.54) is 23.2 Å². The fourth-order valence-electron chi connectivity index (χ4n) is 2.51. The summed E-state index contributed by atoms with van der Waals surface area (Å²) in [7, 11) is 0. The van der Waals surface area contributed by atoms with Gasteiger partial charge in [0.05, 0.1) is 0 Å². The van der Waals surface area contributed by atoms with E-state index >= 15 is 0 Å². The zero-order valence-electron chi connectivity index (χ0n) is 10.1. The Morgan fingerprint density at radius 1 is 1.44 bits per heavy atom. The second-order valence-corrected chi connectivity index (χ2v) is 4.53. The maximum Gasteiger partial charge on any atom is 0.134 e. The minimum absolute atomic E-state index is 0.252. The first-order chi connectivity index (χ1) is 7.72. The summed E-state index contributed by atoms with van der Waals surface area (Å²) in [4.78, 5) is 13.6. The van der Waals surface area contributed by atoms with Crippen LogP contribution in [0.4, 0.5) is 5.69 Å². The highest BCUT2D eigenvalue weighted by Crippen LogP contribution is 2.31. The number of Topliss-reactive ketones (excluding diaryl/α,β-unsaturated/α-hetero) is 1. The van der Waals surface area contributed by atoms with Crippen molar-refractivity contribution in [2.24, 2.45) is 0 Å². The summed E-state index contributed by atoms with van der Waals surface area (Å²) in [5.74, 6) is 0.252. The molecule has 2 rings (SSSR count). The Kier molecular flexibility index (Phi) is 3.28. The maximum absolute atomic E-state index is 11.2. The van der Waals surface area contributed by atoms with Crippen LogP contribution in [-0.4, -0.2) is 18.9 Å². The van der Waals surface area contributed by atoms with E-state index in [-0.39, 0.29) is 5.78 Å². The summed E-state index contributed by atoms with van der Waals surface area (Å²) < 4.78 is 0. The SMILES string of the molecule is CCCN1CCc2c(CC(C)=O)cccc21. The fourth-order valence-corrected chi connectivity index (χ4v) is 2.51. The molecule has 0 saturated carbocycles. The van der Waals surface area contributed by atoms with Crippen LogP contribution in [0.2, 0.25) is 0 Å². The predicted octanol–water partition coefficient (Wildman–Crippen LogP) is 2.59. The van der Waals surface area contributed by atoms with Gasteiger partial charge in [-0.1, -0.05) is 19.1 Å². The Bertz CT molecular complexity index is 398. The molecule has 86 valence electrons. The molecule has 0 radical (unpaired) electrons. The molecule has 0 spiro atoms. The van der Waals surface area contributed by atoms with Gasteiger partial charge in [0, 0.05) is 25.2 Å². The molecule has 2 nitrogen and oxygen atoms in total. The minimum Gasteiger partial charge on any atom is -0.371 e. The molecular formula is C14H19NO. The van der Waals surface area contributed by atoms with Gasteiger partial charge >= 0.3 is 0 Å². The van der Waals surface area contributed by atoms with Gasteiger partial charge in [0.2, 0.25) is 0 Å². The van der Waals surface area contributed by atoms with Crippen molar-refractivity contribution < 1.29 is 4.79 Å².